The molecule has 2 aromatic carbocycles. The maximum absolute atomic E-state index is 9.29. The van der Waals surface area contributed by atoms with E-state index in [-0.39, 0.29) is 0 Å². The van der Waals surface area contributed by atoms with Crippen LogP contribution in [0, 0.1) is 0 Å². The van der Waals surface area contributed by atoms with Crippen LogP contribution < -0.4 is 5.46 Å². The van der Waals surface area contributed by atoms with Crippen LogP contribution in [0.3, 0.4) is 0 Å². The molecule has 2 rings (SSSR count). The predicted molar refractivity (Wildman–Crippen MR) is 82.3 cm³/mol. The van der Waals surface area contributed by atoms with Gasteiger partial charge in [-0.2, -0.15) is 0 Å². The molecule has 0 amide bonds. The summed E-state index contributed by atoms with van der Waals surface area (Å²) in [7, 11) is -1.45. The molecule has 0 aromatic heterocycles. The third-order valence-electron chi connectivity index (χ3n) is 2.62. The number of benzene rings is 2. The third-order valence-corrected chi connectivity index (χ3v) is 4.40. The van der Waals surface area contributed by atoms with Crippen LogP contribution in [0.5, 0.6) is 0 Å². The zero-order valence-corrected chi connectivity index (χ0v) is 12.2. The molecule has 0 radical (unpaired) electrons. The van der Waals surface area contributed by atoms with Gasteiger partial charge < -0.3 is 10.0 Å². The first-order valence-corrected chi connectivity index (χ1v) is 7.34. The second kappa shape index (κ2) is 6.68. The van der Waals surface area contributed by atoms with Crippen molar-refractivity contribution in [1.29, 1.82) is 0 Å². The number of hydrogen-bond acceptors (Lipinski definition) is 3. The number of thioether (sulfide) groups is 1. The van der Waals surface area contributed by atoms with Crippen LogP contribution in [0.4, 0.5) is 0 Å². The van der Waals surface area contributed by atoms with Crippen molar-refractivity contribution >= 4 is 47.5 Å². The van der Waals surface area contributed by atoms with Gasteiger partial charge in [0.05, 0.1) is 10.0 Å². The largest absolute Gasteiger partial charge is 0.488 e. The Morgan fingerprint density at radius 3 is 2.42 bits per heavy atom. The van der Waals surface area contributed by atoms with Gasteiger partial charge in [0.15, 0.2) is 0 Å². The SMILES string of the molecule is OB(O)c1ccccc1CSc1ccc(Cl)c(Cl)c1. The van der Waals surface area contributed by atoms with E-state index < -0.39 is 7.12 Å². The van der Waals surface area contributed by atoms with E-state index in [9.17, 15) is 10.0 Å². The highest BCUT2D eigenvalue weighted by Crippen LogP contribution is 2.29. The monoisotopic (exact) mass is 312 g/mol. The fraction of sp³-hybridized carbons (Fsp3) is 0.0769. The van der Waals surface area contributed by atoms with Gasteiger partial charge in [0, 0.05) is 10.6 Å². The van der Waals surface area contributed by atoms with Crippen LogP contribution in [0.1, 0.15) is 5.56 Å². The second-order valence-electron chi connectivity index (χ2n) is 3.94. The first-order chi connectivity index (χ1) is 9.08. The average molecular weight is 313 g/mol. The summed E-state index contributed by atoms with van der Waals surface area (Å²) in [6.45, 7) is 0. The second-order valence-corrected chi connectivity index (χ2v) is 5.80. The van der Waals surface area contributed by atoms with Crippen LogP contribution in [0.25, 0.3) is 0 Å². The van der Waals surface area contributed by atoms with Gasteiger partial charge in [-0.1, -0.05) is 47.5 Å². The molecule has 0 unspecified atom stereocenters. The minimum absolute atomic E-state index is 0.516. The molecular formula is C13H11BCl2O2S. The smallest absolute Gasteiger partial charge is 0.423 e. The summed E-state index contributed by atoms with van der Waals surface area (Å²) in [4.78, 5) is 0.983. The molecule has 0 aliphatic carbocycles. The molecule has 19 heavy (non-hydrogen) atoms. The highest BCUT2D eigenvalue weighted by atomic mass is 35.5. The molecule has 0 atom stereocenters. The lowest BCUT2D eigenvalue weighted by Crippen LogP contribution is -2.32. The van der Waals surface area contributed by atoms with Gasteiger partial charge in [-0.25, -0.2) is 0 Å². The maximum Gasteiger partial charge on any atom is 0.488 e. The molecule has 0 saturated carbocycles. The lowest BCUT2D eigenvalue weighted by atomic mass is 9.77. The molecule has 6 heteroatoms. The topological polar surface area (TPSA) is 40.5 Å². The van der Waals surface area contributed by atoms with E-state index in [4.69, 9.17) is 23.2 Å². The first-order valence-electron chi connectivity index (χ1n) is 5.59. The lowest BCUT2D eigenvalue weighted by Gasteiger charge is -2.08. The van der Waals surface area contributed by atoms with E-state index in [2.05, 4.69) is 0 Å². The third kappa shape index (κ3) is 3.91. The van der Waals surface area contributed by atoms with Crippen LogP contribution >= 0.6 is 35.0 Å². The minimum Gasteiger partial charge on any atom is -0.423 e. The maximum atomic E-state index is 9.29. The van der Waals surface area contributed by atoms with Crippen molar-refractivity contribution in [1.82, 2.24) is 0 Å². The van der Waals surface area contributed by atoms with Crippen molar-refractivity contribution in [2.24, 2.45) is 0 Å². The van der Waals surface area contributed by atoms with Crippen molar-refractivity contribution in [3.05, 3.63) is 58.1 Å². The number of rotatable bonds is 4. The Morgan fingerprint density at radius 1 is 1.00 bits per heavy atom. The number of hydrogen-bond donors (Lipinski definition) is 2. The van der Waals surface area contributed by atoms with E-state index >= 15 is 0 Å². The van der Waals surface area contributed by atoms with Gasteiger partial charge in [-0.3, -0.25) is 0 Å². The molecule has 2 N–H and O–H groups in total. The van der Waals surface area contributed by atoms with Gasteiger partial charge in [0.25, 0.3) is 0 Å². The summed E-state index contributed by atoms with van der Waals surface area (Å²) in [5.74, 6) is 0.631. The van der Waals surface area contributed by atoms with Crippen molar-refractivity contribution in [2.75, 3.05) is 0 Å². The molecule has 0 saturated heterocycles. The van der Waals surface area contributed by atoms with Gasteiger partial charge in [0.1, 0.15) is 0 Å². The fourth-order valence-electron chi connectivity index (χ4n) is 1.65. The van der Waals surface area contributed by atoms with Crippen molar-refractivity contribution in [3.63, 3.8) is 0 Å². The molecule has 0 aliphatic rings. The molecule has 0 aliphatic heterocycles. The molecular weight excluding hydrogens is 302 g/mol. The Labute approximate surface area is 126 Å². The summed E-state index contributed by atoms with van der Waals surface area (Å²) in [5.41, 5.74) is 1.41. The van der Waals surface area contributed by atoms with E-state index in [1.165, 1.54) is 0 Å². The standard InChI is InChI=1S/C13H11BCl2O2S/c15-12-6-5-10(7-13(12)16)19-8-9-3-1-2-4-11(9)14(17)18/h1-7,17-18H,8H2. The first kappa shape index (κ1) is 14.8. The van der Waals surface area contributed by atoms with E-state index in [0.29, 0.717) is 21.3 Å². The van der Waals surface area contributed by atoms with Crippen LogP contribution in [0.2, 0.25) is 10.0 Å². The summed E-state index contributed by atoms with van der Waals surface area (Å²) in [6, 6.07) is 12.7. The zero-order valence-electron chi connectivity index (χ0n) is 9.88. The van der Waals surface area contributed by atoms with Gasteiger partial charge >= 0.3 is 7.12 Å². The zero-order chi connectivity index (χ0) is 13.8. The fourth-order valence-corrected chi connectivity index (χ4v) is 2.96. The highest BCUT2D eigenvalue weighted by molar-refractivity contribution is 7.98. The van der Waals surface area contributed by atoms with Gasteiger partial charge in [-0.05, 0) is 29.2 Å². The summed E-state index contributed by atoms with van der Waals surface area (Å²) in [5, 5.41) is 19.6. The molecule has 0 bridgehead atoms. The van der Waals surface area contributed by atoms with Crippen molar-refractivity contribution < 1.29 is 10.0 Å². The molecule has 2 aromatic rings. The summed E-state index contributed by atoms with van der Waals surface area (Å²) >= 11 is 13.4. The summed E-state index contributed by atoms with van der Waals surface area (Å²) < 4.78 is 0. The molecule has 0 spiro atoms. The average Bonchev–Trinajstić information content (AvgIpc) is 2.40. The quantitative estimate of drug-likeness (QED) is 0.673. The van der Waals surface area contributed by atoms with Crippen molar-refractivity contribution in [2.45, 2.75) is 10.6 Å². The molecule has 98 valence electrons. The van der Waals surface area contributed by atoms with Crippen molar-refractivity contribution in [3.8, 4) is 0 Å². The Bertz CT molecular complexity index is 578. The highest BCUT2D eigenvalue weighted by Gasteiger charge is 2.15. The predicted octanol–water partition coefficient (Wildman–Crippen LogP) is 2.97. The summed E-state index contributed by atoms with van der Waals surface area (Å²) in [6.07, 6.45) is 0. The van der Waals surface area contributed by atoms with Crippen LogP contribution in [-0.2, 0) is 5.75 Å². The normalized spacial score (nSPS) is 10.5. The lowest BCUT2D eigenvalue weighted by molar-refractivity contribution is 0.425. The van der Waals surface area contributed by atoms with Gasteiger partial charge in [-0.15, -0.1) is 11.8 Å². The van der Waals surface area contributed by atoms with E-state index in [0.717, 1.165) is 10.5 Å². The Kier molecular flexibility index (Phi) is 5.19. The minimum atomic E-state index is -1.45. The Balaban J connectivity index is 2.12. The Hall–Kier alpha value is -0.645. The van der Waals surface area contributed by atoms with Crippen LogP contribution in [0.15, 0.2) is 47.4 Å². The van der Waals surface area contributed by atoms with Crippen LogP contribution in [-0.4, -0.2) is 17.2 Å². The van der Waals surface area contributed by atoms with Gasteiger partial charge in [0.2, 0.25) is 0 Å². The molecule has 0 heterocycles. The van der Waals surface area contributed by atoms with E-state index in [1.807, 2.05) is 18.2 Å². The molecule has 2 nitrogen and oxygen atoms in total. The number of halogens is 2. The van der Waals surface area contributed by atoms with E-state index in [1.54, 1.807) is 36.0 Å². The molecule has 0 fully saturated rings. The Morgan fingerprint density at radius 2 is 1.74 bits per heavy atom.